The van der Waals surface area contributed by atoms with E-state index in [0.717, 1.165) is 21.5 Å². The second-order valence-electron chi connectivity index (χ2n) is 5.34. The highest BCUT2D eigenvalue weighted by molar-refractivity contribution is 7.22. The maximum atomic E-state index is 10.7. The maximum absolute atomic E-state index is 10.7. The first-order valence-electron chi connectivity index (χ1n) is 7.14. The number of anilines is 1. The van der Waals surface area contributed by atoms with Crippen molar-refractivity contribution in [2.75, 3.05) is 5.43 Å². The van der Waals surface area contributed by atoms with Gasteiger partial charge >= 0.3 is 0 Å². The highest BCUT2D eigenvalue weighted by Crippen LogP contribution is 2.36. The summed E-state index contributed by atoms with van der Waals surface area (Å²) in [6.07, 6.45) is -0.774. The van der Waals surface area contributed by atoms with Crippen molar-refractivity contribution in [1.82, 2.24) is 4.98 Å². The minimum atomic E-state index is -0.774. The van der Waals surface area contributed by atoms with Crippen LogP contribution in [0.5, 0.6) is 0 Å². The Balaban J connectivity index is 2.07. The highest BCUT2D eigenvalue weighted by Gasteiger charge is 2.17. The number of rotatable bonds is 4. The van der Waals surface area contributed by atoms with Crippen molar-refractivity contribution < 1.29 is 5.11 Å². The molecular formula is C17H16ClN3OS. The Kier molecular flexibility index (Phi) is 4.61. The second kappa shape index (κ2) is 6.66. The molecule has 2 N–H and O–H groups in total. The molecule has 0 unspecified atom stereocenters. The van der Waals surface area contributed by atoms with Crippen LogP contribution in [0, 0.1) is 0 Å². The van der Waals surface area contributed by atoms with Crippen LogP contribution in [0.4, 0.5) is 5.13 Å². The van der Waals surface area contributed by atoms with Crippen molar-refractivity contribution in [3.8, 4) is 0 Å². The first kappa shape index (κ1) is 15.9. The van der Waals surface area contributed by atoms with Gasteiger partial charge in [0.05, 0.1) is 10.2 Å². The Morgan fingerprint density at radius 3 is 2.70 bits per heavy atom. The molecule has 118 valence electrons. The van der Waals surface area contributed by atoms with Gasteiger partial charge in [-0.3, -0.25) is 5.43 Å². The molecule has 1 heterocycles. The number of thiazole rings is 1. The third-order valence-corrected chi connectivity index (χ3v) is 4.40. The van der Waals surface area contributed by atoms with E-state index in [9.17, 15) is 5.11 Å². The maximum Gasteiger partial charge on any atom is 0.204 e. The molecule has 3 rings (SSSR count). The lowest BCUT2D eigenvalue weighted by molar-refractivity contribution is 0.221. The van der Waals surface area contributed by atoms with Crippen molar-refractivity contribution in [2.24, 2.45) is 5.10 Å². The van der Waals surface area contributed by atoms with E-state index >= 15 is 0 Å². The first-order chi connectivity index (χ1) is 11.0. The largest absolute Gasteiger partial charge is 0.384 e. The van der Waals surface area contributed by atoms with Crippen LogP contribution in [-0.2, 0) is 0 Å². The third-order valence-electron chi connectivity index (χ3n) is 3.27. The molecule has 0 aliphatic rings. The number of hydrogen-bond acceptors (Lipinski definition) is 5. The molecule has 0 amide bonds. The van der Waals surface area contributed by atoms with Crippen molar-refractivity contribution in [1.29, 1.82) is 0 Å². The van der Waals surface area contributed by atoms with Crippen LogP contribution in [0.3, 0.4) is 0 Å². The number of hydrazone groups is 1. The summed E-state index contributed by atoms with van der Waals surface area (Å²) in [6, 6.07) is 13.1. The van der Waals surface area contributed by atoms with Gasteiger partial charge in [-0.05, 0) is 31.5 Å². The zero-order valence-electron chi connectivity index (χ0n) is 12.7. The average Bonchev–Trinajstić information content (AvgIpc) is 2.95. The Morgan fingerprint density at radius 2 is 2.00 bits per heavy atom. The number of halogens is 1. The van der Waals surface area contributed by atoms with Gasteiger partial charge in [0.15, 0.2) is 0 Å². The van der Waals surface area contributed by atoms with Crippen molar-refractivity contribution in [3.63, 3.8) is 0 Å². The molecule has 0 aliphatic carbocycles. The molecular weight excluding hydrogens is 330 g/mol. The van der Waals surface area contributed by atoms with Gasteiger partial charge in [-0.1, -0.05) is 53.3 Å². The molecule has 2 aromatic carbocycles. The molecule has 1 atom stereocenters. The van der Waals surface area contributed by atoms with Crippen LogP contribution in [0.15, 0.2) is 47.6 Å². The highest BCUT2D eigenvalue weighted by atomic mass is 35.5. The first-order valence-corrected chi connectivity index (χ1v) is 8.34. The number of aliphatic hydroxyl groups excluding tert-OH is 1. The summed E-state index contributed by atoms with van der Waals surface area (Å²) < 4.78 is 0.911. The third kappa shape index (κ3) is 3.52. The fourth-order valence-corrected chi connectivity index (χ4v) is 3.43. The number of nitrogens with one attached hydrogen (secondary N) is 1. The fourth-order valence-electron chi connectivity index (χ4n) is 2.25. The van der Waals surface area contributed by atoms with Gasteiger partial charge in [0.1, 0.15) is 6.10 Å². The normalized spacial score (nSPS) is 12.2. The Bertz CT molecular complexity index is 857. The summed E-state index contributed by atoms with van der Waals surface area (Å²) in [6.45, 7) is 3.81. The number of fused-ring (bicyclic) bond motifs is 1. The lowest BCUT2D eigenvalue weighted by Gasteiger charge is -2.12. The molecule has 0 aliphatic heterocycles. The van der Waals surface area contributed by atoms with Crippen LogP contribution in [0.2, 0.25) is 5.02 Å². The standard InChI is InChI=1S/C17H16ClN3OS/c1-10(2)20-21-17-19-15-13(8-12(18)9-14(15)23-17)16(22)11-6-4-3-5-7-11/h3-9,16,22H,1-2H3,(H,19,21)/t16-/m0/s1. The zero-order valence-corrected chi connectivity index (χ0v) is 14.3. The predicted octanol–water partition coefficient (Wildman–Crippen LogP) is 4.84. The van der Waals surface area contributed by atoms with E-state index in [4.69, 9.17) is 11.6 Å². The molecule has 4 nitrogen and oxygen atoms in total. The topological polar surface area (TPSA) is 57.5 Å². The van der Waals surface area contributed by atoms with Gasteiger partial charge < -0.3 is 5.11 Å². The molecule has 0 saturated heterocycles. The number of aliphatic hydroxyl groups is 1. The van der Waals surface area contributed by atoms with Gasteiger partial charge in [-0.15, -0.1) is 0 Å². The van der Waals surface area contributed by atoms with Crippen LogP contribution in [0.1, 0.15) is 31.1 Å². The van der Waals surface area contributed by atoms with Crippen molar-refractivity contribution in [2.45, 2.75) is 20.0 Å². The lowest BCUT2D eigenvalue weighted by atomic mass is 10.0. The molecule has 23 heavy (non-hydrogen) atoms. The summed E-state index contributed by atoms with van der Waals surface area (Å²) in [4.78, 5) is 4.55. The van der Waals surface area contributed by atoms with Gasteiger partial charge in [0.25, 0.3) is 0 Å². The second-order valence-corrected chi connectivity index (χ2v) is 6.81. The van der Waals surface area contributed by atoms with Crippen molar-refractivity contribution >= 4 is 44.0 Å². The van der Waals surface area contributed by atoms with Crippen LogP contribution in [0.25, 0.3) is 10.2 Å². The molecule has 1 aromatic heterocycles. The summed E-state index contributed by atoms with van der Waals surface area (Å²) in [7, 11) is 0. The quantitative estimate of drug-likeness (QED) is 0.525. The van der Waals surface area contributed by atoms with Crippen molar-refractivity contribution in [3.05, 3.63) is 58.6 Å². The smallest absolute Gasteiger partial charge is 0.204 e. The summed E-state index contributed by atoms with van der Waals surface area (Å²) in [5.74, 6) is 0. The number of benzene rings is 2. The van der Waals surface area contributed by atoms with E-state index in [1.807, 2.05) is 50.2 Å². The molecule has 0 fully saturated rings. The van der Waals surface area contributed by atoms with Gasteiger partial charge in [-0.2, -0.15) is 5.10 Å². The number of nitrogens with zero attached hydrogens (tertiary/aromatic N) is 2. The lowest BCUT2D eigenvalue weighted by Crippen LogP contribution is -2.00. The molecule has 0 saturated carbocycles. The molecule has 0 bridgehead atoms. The van der Waals surface area contributed by atoms with Gasteiger partial charge in [-0.25, -0.2) is 4.98 Å². The number of hydrogen-bond donors (Lipinski definition) is 2. The van der Waals surface area contributed by atoms with Crippen LogP contribution >= 0.6 is 22.9 Å². The van der Waals surface area contributed by atoms with Crippen LogP contribution < -0.4 is 5.43 Å². The summed E-state index contributed by atoms with van der Waals surface area (Å²) in [5.41, 5.74) is 6.08. The van der Waals surface area contributed by atoms with Gasteiger partial charge in [0.2, 0.25) is 5.13 Å². The van der Waals surface area contributed by atoms with E-state index < -0.39 is 6.10 Å². The molecule has 3 aromatic rings. The van der Waals surface area contributed by atoms with E-state index in [1.54, 1.807) is 6.07 Å². The minimum Gasteiger partial charge on any atom is -0.384 e. The van der Waals surface area contributed by atoms with Gasteiger partial charge in [0, 0.05) is 16.3 Å². The minimum absolute atomic E-state index is 0.577. The number of aromatic nitrogens is 1. The Morgan fingerprint density at radius 1 is 1.26 bits per heavy atom. The monoisotopic (exact) mass is 345 g/mol. The predicted molar refractivity (Wildman–Crippen MR) is 97.5 cm³/mol. The molecule has 6 heteroatoms. The fraction of sp³-hybridized carbons (Fsp3) is 0.176. The zero-order chi connectivity index (χ0) is 16.4. The Labute approximate surface area is 143 Å². The molecule has 0 spiro atoms. The van der Waals surface area contributed by atoms with Crippen LogP contribution in [-0.4, -0.2) is 15.8 Å². The summed E-state index contributed by atoms with van der Waals surface area (Å²) in [5, 5.41) is 16.1. The average molecular weight is 346 g/mol. The Hall–Kier alpha value is -1.95. The molecule has 0 radical (unpaired) electrons. The summed E-state index contributed by atoms with van der Waals surface area (Å²) >= 11 is 7.67. The van der Waals surface area contributed by atoms with E-state index in [1.165, 1.54) is 11.3 Å². The van der Waals surface area contributed by atoms with E-state index in [-0.39, 0.29) is 0 Å². The van der Waals surface area contributed by atoms with E-state index in [2.05, 4.69) is 15.5 Å². The SMILES string of the molecule is CC(C)=NNc1nc2c([C@@H](O)c3ccccc3)cc(Cl)cc2s1. The van der Waals surface area contributed by atoms with E-state index in [0.29, 0.717) is 15.7 Å².